The van der Waals surface area contributed by atoms with Crippen molar-refractivity contribution in [2.24, 2.45) is 0 Å². The highest BCUT2D eigenvalue weighted by molar-refractivity contribution is 6.31. The van der Waals surface area contributed by atoms with Crippen LogP contribution in [-0.4, -0.2) is 22.9 Å². The molecule has 0 aliphatic heterocycles. The highest BCUT2D eigenvalue weighted by Gasteiger charge is 2.00. The highest BCUT2D eigenvalue weighted by Crippen LogP contribution is 2.14. The number of aliphatic hydroxyl groups is 1. The zero-order chi connectivity index (χ0) is 10.7. The maximum Gasteiger partial charge on any atom is 0.159 e. The average Bonchev–Trinajstić information content (AvgIpc) is 2.30. The molecule has 0 fully saturated rings. The first-order valence-electron chi connectivity index (χ1n) is 4.57. The average molecular weight is 196 g/mol. The summed E-state index contributed by atoms with van der Waals surface area (Å²) < 4.78 is 0. The fourth-order valence-corrected chi connectivity index (χ4v) is 1.30. The highest BCUT2D eigenvalue weighted by atomic mass is 16.3. The van der Waals surface area contributed by atoms with Gasteiger partial charge in [0.05, 0.1) is 6.61 Å². The summed E-state index contributed by atoms with van der Waals surface area (Å²) in [6.45, 7) is 0.0167. The Hall–Kier alpha value is -1.68. The molecule has 2 aromatic rings. The molecule has 1 N–H and O–H groups in total. The van der Waals surface area contributed by atoms with Crippen molar-refractivity contribution in [2.45, 2.75) is 6.61 Å². The van der Waals surface area contributed by atoms with E-state index in [0.717, 1.165) is 11.1 Å². The van der Waals surface area contributed by atoms with E-state index in [2.05, 4.69) is 9.97 Å². The summed E-state index contributed by atoms with van der Waals surface area (Å²) in [6.07, 6.45) is 3.13. The molecule has 2 radical (unpaired) electrons. The topological polar surface area (TPSA) is 46.0 Å². The van der Waals surface area contributed by atoms with Gasteiger partial charge in [0.25, 0.3) is 0 Å². The van der Waals surface area contributed by atoms with Gasteiger partial charge in [0.1, 0.15) is 7.85 Å². The lowest BCUT2D eigenvalue weighted by atomic mass is 10.0. The van der Waals surface area contributed by atoms with Gasteiger partial charge >= 0.3 is 0 Å². The summed E-state index contributed by atoms with van der Waals surface area (Å²) in [4.78, 5) is 8.21. The standard InChI is InChI=1S/C11H9BN2O/c12-10-5-13-11(14-6-10)9-3-1-2-8(4-9)7-15/h1-6,15H,7H2. The molecule has 0 saturated carbocycles. The van der Waals surface area contributed by atoms with Crippen LogP contribution >= 0.6 is 0 Å². The van der Waals surface area contributed by atoms with E-state index in [1.54, 1.807) is 12.4 Å². The normalized spacial score (nSPS) is 10.2. The Labute approximate surface area is 89.2 Å². The Morgan fingerprint density at radius 2 is 1.93 bits per heavy atom. The van der Waals surface area contributed by atoms with E-state index in [1.807, 2.05) is 24.3 Å². The molecule has 0 amide bonds. The van der Waals surface area contributed by atoms with E-state index >= 15 is 0 Å². The first-order valence-corrected chi connectivity index (χ1v) is 4.57. The maximum atomic E-state index is 8.99. The monoisotopic (exact) mass is 196 g/mol. The molecule has 72 valence electrons. The molecule has 0 bridgehead atoms. The predicted molar refractivity (Wildman–Crippen MR) is 58.8 cm³/mol. The lowest BCUT2D eigenvalue weighted by Gasteiger charge is -2.02. The van der Waals surface area contributed by atoms with Gasteiger partial charge in [0.2, 0.25) is 0 Å². The molecule has 3 nitrogen and oxygen atoms in total. The minimum absolute atomic E-state index is 0.0167. The summed E-state index contributed by atoms with van der Waals surface area (Å²) in [5, 5.41) is 8.99. The number of hydrogen-bond donors (Lipinski definition) is 1. The number of rotatable bonds is 2. The largest absolute Gasteiger partial charge is 0.392 e. The molecule has 1 heterocycles. The van der Waals surface area contributed by atoms with E-state index in [1.165, 1.54) is 0 Å². The molecule has 0 atom stereocenters. The number of aromatic nitrogens is 2. The third-order valence-electron chi connectivity index (χ3n) is 2.04. The second-order valence-corrected chi connectivity index (χ2v) is 3.20. The Morgan fingerprint density at radius 1 is 1.20 bits per heavy atom. The van der Waals surface area contributed by atoms with Crippen LogP contribution in [0.4, 0.5) is 0 Å². The lowest BCUT2D eigenvalue weighted by Crippen LogP contribution is -2.05. The Kier molecular flexibility index (Phi) is 2.78. The van der Waals surface area contributed by atoms with Gasteiger partial charge in [-0.1, -0.05) is 23.7 Å². The fourth-order valence-electron chi connectivity index (χ4n) is 1.30. The first kappa shape index (κ1) is 9.86. The van der Waals surface area contributed by atoms with Crippen LogP contribution in [0.5, 0.6) is 0 Å². The summed E-state index contributed by atoms with van der Waals surface area (Å²) in [5.74, 6) is 0.611. The molecule has 4 heteroatoms. The Morgan fingerprint density at radius 3 is 2.60 bits per heavy atom. The van der Waals surface area contributed by atoms with Gasteiger partial charge in [0, 0.05) is 18.0 Å². The zero-order valence-electron chi connectivity index (χ0n) is 8.09. The van der Waals surface area contributed by atoms with Crippen LogP contribution in [0.3, 0.4) is 0 Å². The summed E-state index contributed by atoms with van der Waals surface area (Å²) >= 11 is 0. The summed E-state index contributed by atoms with van der Waals surface area (Å²) in [5.41, 5.74) is 2.26. The van der Waals surface area contributed by atoms with E-state index in [0.29, 0.717) is 11.3 Å². The first-order chi connectivity index (χ1) is 7.29. The van der Waals surface area contributed by atoms with E-state index in [-0.39, 0.29) is 6.61 Å². The molecule has 1 aromatic carbocycles. The van der Waals surface area contributed by atoms with Gasteiger partial charge in [-0.25, -0.2) is 9.97 Å². The second kappa shape index (κ2) is 4.23. The number of benzene rings is 1. The maximum absolute atomic E-state index is 8.99. The lowest BCUT2D eigenvalue weighted by molar-refractivity contribution is 0.282. The Bertz CT molecular complexity index is 456. The van der Waals surface area contributed by atoms with Gasteiger partial charge in [-0.05, 0) is 11.6 Å². The summed E-state index contributed by atoms with van der Waals surface area (Å²) in [7, 11) is 5.50. The molecule has 2 rings (SSSR count). The van der Waals surface area contributed by atoms with Crippen LogP contribution in [0.15, 0.2) is 36.7 Å². The summed E-state index contributed by atoms with van der Waals surface area (Å²) in [6, 6.07) is 7.46. The van der Waals surface area contributed by atoms with Gasteiger partial charge < -0.3 is 5.11 Å². The van der Waals surface area contributed by atoms with Crippen LogP contribution in [0.1, 0.15) is 5.56 Å². The van der Waals surface area contributed by atoms with Crippen molar-refractivity contribution in [2.75, 3.05) is 0 Å². The van der Waals surface area contributed by atoms with Crippen molar-refractivity contribution in [1.82, 2.24) is 9.97 Å². The SMILES string of the molecule is [B]c1cnc(-c2cccc(CO)c2)nc1. The second-order valence-electron chi connectivity index (χ2n) is 3.20. The van der Waals surface area contributed by atoms with Crippen LogP contribution in [0, 0.1) is 0 Å². The predicted octanol–water partition coefficient (Wildman–Crippen LogP) is 0.430. The minimum Gasteiger partial charge on any atom is -0.392 e. The number of nitrogens with zero attached hydrogens (tertiary/aromatic N) is 2. The molecule has 0 aliphatic carbocycles. The molecular weight excluding hydrogens is 187 g/mol. The van der Waals surface area contributed by atoms with E-state index < -0.39 is 0 Å². The van der Waals surface area contributed by atoms with E-state index in [4.69, 9.17) is 13.0 Å². The third kappa shape index (κ3) is 2.22. The van der Waals surface area contributed by atoms with Crippen LogP contribution < -0.4 is 5.46 Å². The molecule has 0 spiro atoms. The molecule has 15 heavy (non-hydrogen) atoms. The quantitative estimate of drug-likeness (QED) is 0.708. The van der Waals surface area contributed by atoms with Crippen molar-refractivity contribution in [3.8, 4) is 11.4 Å². The molecular formula is C11H9BN2O. The fraction of sp³-hybridized carbons (Fsp3) is 0.0909. The molecule has 1 aromatic heterocycles. The van der Waals surface area contributed by atoms with Crippen LogP contribution in [0.2, 0.25) is 0 Å². The smallest absolute Gasteiger partial charge is 0.159 e. The van der Waals surface area contributed by atoms with Crippen molar-refractivity contribution in [1.29, 1.82) is 0 Å². The number of aliphatic hydroxyl groups excluding tert-OH is 1. The third-order valence-corrected chi connectivity index (χ3v) is 2.04. The van der Waals surface area contributed by atoms with Crippen molar-refractivity contribution < 1.29 is 5.11 Å². The van der Waals surface area contributed by atoms with Crippen molar-refractivity contribution in [3.63, 3.8) is 0 Å². The molecule has 0 aliphatic rings. The van der Waals surface area contributed by atoms with Crippen molar-refractivity contribution >= 4 is 13.3 Å². The van der Waals surface area contributed by atoms with E-state index in [9.17, 15) is 0 Å². The van der Waals surface area contributed by atoms with Crippen LogP contribution in [0.25, 0.3) is 11.4 Å². The molecule has 0 unspecified atom stereocenters. The van der Waals surface area contributed by atoms with Gasteiger partial charge in [-0.2, -0.15) is 0 Å². The molecule has 0 saturated heterocycles. The number of hydrogen-bond acceptors (Lipinski definition) is 3. The Balaban J connectivity index is 2.40. The van der Waals surface area contributed by atoms with Gasteiger partial charge in [-0.3, -0.25) is 0 Å². The minimum atomic E-state index is 0.0167. The van der Waals surface area contributed by atoms with Crippen molar-refractivity contribution in [3.05, 3.63) is 42.2 Å². The van der Waals surface area contributed by atoms with Gasteiger partial charge in [-0.15, -0.1) is 0 Å². The zero-order valence-corrected chi connectivity index (χ0v) is 8.09. The van der Waals surface area contributed by atoms with Crippen LogP contribution in [-0.2, 0) is 6.61 Å². The van der Waals surface area contributed by atoms with Gasteiger partial charge in [0.15, 0.2) is 5.82 Å².